The number of hydrogen-bond donors (Lipinski definition) is 4. The Morgan fingerprint density at radius 3 is 2.00 bits per heavy atom. The molecular weight excluding hydrogens is 367 g/mol. The molecule has 0 bridgehead atoms. The molecule has 7 heteroatoms. The lowest BCUT2D eigenvalue weighted by atomic mass is 10.1. The lowest BCUT2D eigenvalue weighted by Crippen LogP contribution is -2.35. The second-order valence-corrected chi connectivity index (χ2v) is 8.91. The van der Waals surface area contributed by atoms with Crippen LogP contribution < -0.4 is 0 Å². The molecule has 0 amide bonds. The normalized spacial score (nSPS) is 27.6. The summed E-state index contributed by atoms with van der Waals surface area (Å²) in [5.41, 5.74) is 3.08. The predicted molar refractivity (Wildman–Crippen MR) is 107 cm³/mol. The summed E-state index contributed by atoms with van der Waals surface area (Å²) in [4.78, 5) is 22.2. The molecule has 0 aromatic heterocycles. The summed E-state index contributed by atoms with van der Waals surface area (Å²) in [5, 5.41) is 28.5. The Morgan fingerprint density at radius 1 is 0.926 bits per heavy atom. The second-order valence-electron chi connectivity index (χ2n) is 7.31. The Kier molecular flexibility index (Phi) is 10.6. The van der Waals surface area contributed by atoms with Crippen molar-refractivity contribution < 1.29 is 29.7 Å². The predicted octanol–water partition coefficient (Wildman–Crippen LogP) is 2.76. The summed E-state index contributed by atoms with van der Waals surface area (Å²) in [6, 6.07) is 0. The van der Waals surface area contributed by atoms with Gasteiger partial charge >= 0.3 is 0 Å². The molecule has 0 radical (unpaired) electrons. The molecule has 4 N–H and O–H groups in total. The van der Waals surface area contributed by atoms with Crippen LogP contribution in [0.1, 0.15) is 53.4 Å². The summed E-state index contributed by atoms with van der Waals surface area (Å²) in [6.07, 6.45) is 4.24. The maximum Gasteiger partial charge on any atom is 0.213 e. The smallest absolute Gasteiger partial charge is 0.213 e. The molecule has 6 nitrogen and oxygen atoms in total. The van der Waals surface area contributed by atoms with Crippen LogP contribution in [0.15, 0.2) is 34.9 Å². The van der Waals surface area contributed by atoms with Crippen LogP contribution in [0.2, 0.25) is 0 Å². The average molecular weight is 400 g/mol. The third-order valence-electron chi connectivity index (χ3n) is 4.47. The number of carbonyl (C=O) groups excluding carboxylic acids is 1. The quantitative estimate of drug-likeness (QED) is 0.332. The molecular formula is C20H33O6P. The van der Waals surface area contributed by atoms with E-state index >= 15 is 0 Å². The van der Waals surface area contributed by atoms with E-state index in [9.17, 15) is 25.0 Å². The second kappa shape index (κ2) is 11.8. The molecule has 0 aliphatic carbocycles. The van der Waals surface area contributed by atoms with Gasteiger partial charge in [-0.15, -0.1) is 0 Å². The number of aliphatic hydroxyl groups excluding tert-OH is 3. The maximum atomic E-state index is 12.1. The molecule has 1 aliphatic heterocycles. The first-order valence-corrected chi connectivity index (χ1v) is 10.8. The zero-order valence-corrected chi connectivity index (χ0v) is 17.5. The van der Waals surface area contributed by atoms with Crippen molar-refractivity contribution in [2.24, 2.45) is 0 Å². The fraction of sp³-hybridized carbons (Fsp3) is 0.650. The molecule has 1 rings (SSSR count). The van der Waals surface area contributed by atoms with Gasteiger partial charge in [0.2, 0.25) is 5.52 Å². The van der Waals surface area contributed by atoms with Crippen molar-refractivity contribution in [2.45, 2.75) is 78.0 Å². The van der Waals surface area contributed by atoms with Crippen molar-refractivity contribution in [1.82, 2.24) is 0 Å². The van der Waals surface area contributed by atoms with Gasteiger partial charge in [0, 0.05) is 6.16 Å². The summed E-state index contributed by atoms with van der Waals surface area (Å²) in [6.45, 7) is 8.27. The molecule has 1 aliphatic rings. The number of rotatable bonds is 10. The van der Waals surface area contributed by atoms with Gasteiger partial charge in [0.1, 0.15) is 20.4 Å². The van der Waals surface area contributed by atoms with E-state index < -0.39 is 38.3 Å². The van der Waals surface area contributed by atoms with Crippen LogP contribution in [-0.4, -0.2) is 56.5 Å². The number of hydrogen-bond acceptors (Lipinski definition) is 6. The van der Waals surface area contributed by atoms with Crippen LogP contribution in [0, 0.1) is 0 Å². The fourth-order valence-electron chi connectivity index (χ4n) is 2.68. The summed E-state index contributed by atoms with van der Waals surface area (Å²) >= 11 is 0. The zero-order valence-electron chi connectivity index (χ0n) is 16.6. The van der Waals surface area contributed by atoms with Crippen molar-refractivity contribution >= 4 is 13.7 Å². The third-order valence-corrected chi connectivity index (χ3v) is 5.76. The number of carbonyl (C=O) groups is 1. The van der Waals surface area contributed by atoms with Crippen molar-refractivity contribution in [3.05, 3.63) is 34.9 Å². The first-order chi connectivity index (χ1) is 12.6. The van der Waals surface area contributed by atoms with Crippen molar-refractivity contribution in [3.63, 3.8) is 0 Å². The first-order valence-electron chi connectivity index (χ1n) is 9.28. The Labute approximate surface area is 163 Å². The minimum atomic E-state index is -2.04. The minimum absolute atomic E-state index is 0.169. The molecule has 0 saturated carbocycles. The van der Waals surface area contributed by atoms with E-state index in [1.165, 1.54) is 11.1 Å². The van der Waals surface area contributed by atoms with Gasteiger partial charge in [-0.05, 0) is 53.4 Å². The first kappa shape index (κ1) is 24.2. The van der Waals surface area contributed by atoms with E-state index in [-0.39, 0.29) is 6.16 Å². The van der Waals surface area contributed by atoms with Gasteiger partial charge in [0.05, 0.1) is 0 Å². The molecule has 1 fully saturated rings. The fourth-order valence-corrected chi connectivity index (χ4v) is 3.85. The molecule has 1 heterocycles. The standard InChI is InChI=1S/C20H33O6P/c1-13(2)7-5-8-14(3)9-6-10-15(4)11-12-27(25)20(24)18-16(21)17(22)19(23)26-18/h7,9,11,16-19,21-23,25H,5-6,8,10,12H2,1-4H3/t16-,17+,18-,19?,27?/m0/s1. The van der Waals surface area contributed by atoms with Gasteiger partial charge in [-0.3, -0.25) is 4.79 Å². The van der Waals surface area contributed by atoms with Gasteiger partial charge in [0.25, 0.3) is 0 Å². The summed E-state index contributed by atoms with van der Waals surface area (Å²) in [7, 11) is -2.04. The lowest BCUT2D eigenvalue weighted by Gasteiger charge is -2.16. The highest BCUT2D eigenvalue weighted by atomic mass is 31.1. The number of allylic oxidation sites excluding steroid dienone is 6. The number of aliphatic hydroxyl groups is 3. The Balaban J connectivity index is 2.40. The Hall–Kier alpha value is -0.880. The average Bonchev–Trinajstić information content (AvgIpc) is 2.86. The van der Waals surface area contributed by atoms with Gasteiger partial charge in [-0.25, -0.2) is 0 Å². The molecule has 2 unspecified atom stereocenters. The van der Waals surface area contributed by atoms with Crippen LogP contribution >= 0.6 is 8.15 Å². The van der Waals surface area contributed by atoms with Gasteiger partial charge in [0.15, 0.2) is 12.4 Å². The highest BCUT2D eigenvalue weighted by Gasteiger charge is 2.47. The van der Waals surface area contributed by atoms with E-state index in [0.29, 0.717) is 0 Å². The highest BCUT2D eigenvalue weighted by molar-refractivity contribution is 7.70. The monoisotopic (exact) mass is 400 g/mol. The van der Waals surface area contributed by atoms with Crippen LogP contribution in [0.25, 0.3) is 0 Å². The molecule has 1 saturated heterocycles. The van der Waals surface area contributed by atoms with Gasteiger partial charge < -0.3 is 24.9 Å². The molecule has 0 aromatic carbocycles. The molecule has 0 aromatic rings. The summed E-state index contributed by atoms with van der Waals surface area (Å²) in [5.74, 6) is 0. The lowest BCUT2D eigenvalue weighted by molar-refractivity contribution is -0.143. The molecule has 0 spiro atoms. The van der Waals surface area contributed by atoms with E-state index in [0.717, 1.165) is 31.3 Å². The zero-order chi connectivity index (χ0) is 20.6. The van der Waals surface area contributed by atoms with E-state index in [1.54, 1.807) is 0 Å². The van der Waals surface area contributed by atoms with E-state index in [2.05, 4.69) is 32.9 Å². The maximum absolute atomic E-state index is 12.1. The third kappa shape index (κ3) is 8.34. The molecule has 154 valence electrons. The SMILES string of the molecule is CC(C)=CCCC(C)=CCCC(C)=CCP(O)C(=O)[C@H]1OC(O)[C@H](O)[C@@H]1O. The van der Waals surface area contributed by atoms with E-state index in [1.807, 2.05) is 13.0 Å². The number of ether oxygens (including phenoxy) is 1. The molecule has 5 atom stereocenters. The summed E-state index contributed by atoms with van der Waals surface area (Å²) < 4.78 is 4.84. The largest absolute Gasteiger partial charge is 0.387 e. The topological polar surface area (TPSA) is 107 Å². The minimum Gasteiger partial charge on any atom is -0.387 e. The van der Waals surface area contributed by atoms with E-state index in [4.69, 9.17) is 4.74 Å². The van der Waals surface area contributed by atoms with Crippen LogP contribution in [0.5, 0.6) is 0 Å². The van der Waals surface area contributed by atoms with Gasteiger partial charge in [-0.2, -0.15) is 0 Å². The van der Waals surface area contributed by atoms with Crippen molar-refractivity contribution in [3.8, 4) is 0 Å². The van der Waals surface area contributed by atoms with Crippen LogP contribution in [-0.2, 0) is 9.53 Å². The van der Waals surface area contributed by atoms with Crippen LogP contribution in [0.3, 0.4) is 0 Å². The Morgan fingerprint density at radius 2 is 1.48 bits per heavy atom. The molecule has 27 heavy (non-hydrogen) atoms. The van der Waals surface area contributed by atoms with Gasteiger partial charge in [-0.1, -0.05) is 34.9 Å². The van der Waals surface area contributed by atoms with Crippen molar-refractivity contribution in [1.29, 1.82) is 0 Å². The highest BCUT2D eigenvalue weighted by Crippen LogP contribution is 2.37. The van der Waals surface area contributed by atoms with Crippen molar-refractivity contribution in [2.75, 3.05) is 6.16 Å². The Bertz CT molecular complexity index is 579. The van der Waals surface area contributed by atoms with Crippen LogP contribution in [0.4, 0.5) is 0 Å².